The standard InChI is InChI=1S/C18H22BrN3O2/c1-4-8-21(9-5-2)12-18(24)22-16(10-13(3)20-22)15-11-14(19)6-7-17(15)23/h4-7,11,16,23H,1-2,8-10,12H2,3H3. The van der Waals surface area contributed by atoms with E-state index < -0.39 is 0 Å². The molecular formula is C18H22BrN3O2. The molecule has 1 unspecified atom stereocenters. The Hall–Kier alpha value is -1.92. The van der Waals surface area contributed by atoms with E-state index in [2.05, 4.69) is 34.2 Å². The summed E-state index contributed by atoms with van der Waals surface area (Å²) in [5.41, 5.74) is 1.56. The molecule has 5 nitrogen and oxygen atoms in total. The zero-order chi connectivity index (χ0) is 17.7. The topological polar surface area (TPSA) is 56.1 Å². The highest BCUT2D eigenvalue weighted by molar-refractivity contribution is 9.10. The third-order valence-electron chi connectivity index (χ3n) is 3.80. The zero-order valence-corrected chi connectivity index (χ0v) is 15.4. The van der Waals surface area contributed by atoms with Crippen molar-refractivity contribution in [3.05, 3.63) is 53.5 Å². The van der Waals surface area contributed by atoms with E-state index in [1.807, 2.05) is 17.9 Å². The van der Waals surface area contributed by atoms with Crippen molar-refractivity contribution in [1.82, 2.24) is 9.91 Å². The summed E-state index contributed by atoms with van der Waals surface area (Å²) in [5, 5.41) is 16.1. The molecular weight excluding hydrogens is 370 g/mol. The number of hydrogen-bond donors (Lipinski definition) is 1. The quantitative estimate of drug-likeness (QED) is 0.723. The summed E-state index contributed by atoms with van der Waals surface area (Å²) in [6.07, 6.45) is 4.12. The van der Waals surface area contributed by atoms with Crippen molar-refractivity contribution >= 4 is 27.5 Å². The molecule has 1 aliphatic heterocycles. The van der Waals surface area contributed by atoms with Crippen LogP contribution in [0.2, 0.25) is 0 Å². The number of rotatable bonds is 7. The number of carbonyl (C=O) groups is 1. The van der Waals surface area contributed by atoms with E-state index in [9.17, 15) is 9.90 Å². The number of nitrogens with zero attached hydrogens (tertiary/aromatic N) is 3. The first-order chi connectivity index (χ1) is 11.5. The average molecular weight is 392 g/mol. The summed E-state index contributed by atoms with van der Waals surface area (Å²) in [7, 11) is 0. The van der Waals surface area contributed by atoms with Gasteiger partial charge in [0.15, 0.2) is 0 Å². The smallest absolute Gasteiger partial charge is 0.257 e. The van der Waals surface area contributed by atoms with Gasteiger partial charge in [-0.3, -0.25) is 9.69 Å². The molecule has 0 aliphatic carbocycles. The fourth-order valence-corrected chi connectivity index (χ4v) is 3.14. The zero-order valence-electron chi connectivity index (χ0n) is 13.8. The average Bonchev–Trinajstić information content (AvgIpc) is 2.92. The summed E-state index contributed by atoms with van der Waals surface area (Å²) < 4.78 is 0.854. The maximum absolute atomic E-state index is 12.7. The Morgan fingerprint density at radius 3 is 2.75 bits per heavy atom. The monoisotopic (exact) mass is 391 g/mol. The van der Waals surface area contributed by atoms with Gasteiger partial charge in [0.1, 0.15) is 5.75 Å². The summed E-state index contributed by atoms with van der Waals surface area (Å²) in [6, 6.07) is 4.94. The highest BCUT2D eigenvalue weighted by Crippen LogP contribution is 2.37. The predicted octanol–water partition coefficient (Wildman–Crippen LogP) is 3.48. The fraction of sp³-hybridized carbons (Fsp3) is 0.333. The second-order valence-electron chi connectivity index (χ2n) is 5.77. The SMILES string of the molecule is C=CCN(CC=C)CC(=O)N1N=C(C)CC1c1cc(Br)ccc1O. The van der Waals surface area contributed by atoms with Gasteiger partial charge >= 0.3 is 0 Å². The van der Waals surface area contributed by atoms with Crippen LogP contribution >= 0.6 is 15.9 Å². The molecule has 0 radical (unpaired) electrons. The first-order valence-electron chi connectivity index (χ1n) is 7.75. The van der Waals surface area contributed by atoms with Crippen LogP contribution in [0.3, 0.4) is 0 Å². The van der Waals surface area contributed by atoms with Crippen LogP contribution in [0.4, 0.5) is 0 Å². The van der Waals surface area contributed by atoms with Crippen molar-refractivity contribution in [2.75, 3.05) is 19.6 Å². The molecule has 0 saturated heterocycles. The van der Waals surface area contributed by atoms with Crippen LogP contribution in [0.15, 0.2) is 53.1 Å². The van der Waals surface area contributed by atoms with E-state index in [4.69, 9.17) is 0 Å². The van der Waals surface area contributed by atoms with Gasteiger partial charge in [-0.05, 0) is 25.1 Å². The number of phenols is 1. The van der Waals surface area contributed by atoms with Crippen LogP contribution in [0.1, 0.15) is 24.9 Å². The Labute approximate surface area is 151 Å². The van der Waals surface area contributed by atoms with Crippen LogP contribution in [0.5, 0.6) is 5.75 Å². The van der Waals surface area contributed by atoms with Gasteiger partial charge in [0, 0.05) is 35.3 Å². The predicted molar refractivity (Wildman–Crippen MR) is 100.0 cm³/mol. The van der Waals surface area contributed by atoms with Gasteiger partial charge in [0.2, 0.25) is 0 Å². The minimum absolute atomic E-state index is 0.111. The fourth-order valence-electron chi connectivity index (χ4n) is 2.76. The molecule has 1 aliphatic rings. The molecule has 24 heavy (non-hydrogen) atoms. The van der Waals surface area contributed by atoms with E-state index in [0.29, 0.717) is 25.1 Å². The number of benzene rings is 1. The highest BCUT2D eigenvalue weighted by Gasteiger charge is 2.33. The van der Waals surface area contributed by atoms with Gasteiger partial charge < -0.3 is 5.11 Å². The van der Waals surface area contributed by atoms with Crippen molar-refractivity contribution in [3.8, 4) is 5.75 Å². The number of phenolic OH excluding ortho intramolecular Hbond substituents is 1. The minimum Gasteiger partial charge on any atom is -0.508 e. The Kier molecular flexibility index (Phi) is 6.34. The Morgan fingerprint density at radius 1 is 1.46 bits per heavy atom. The highest BCUT2D eigenvalue weighted by atomic mass is 79.9. The molecule has 6 heteroatoms. The lowest BCUT2D eigenvalue weighted by atomic mass is 10.0. The van der Waals surface area contributed by atoms with Gasteiger partial charge in [0.05, 0.1) is 12.6 Å². The van der Waals surface area contributed by atoms with Crippen LogP contribution in [-0.4, -0.2) is 46.3 Å². The van der Waals surface area contributed by atoms with Crippen molar-refractivity contribution in [3.63, 3.8) is 0 Å². The molecule has 1 aromatic carbocycles. The van der Waals surface area contributed by atoms with Gasteiger partial charge in [0.25, 0.3) is 5.91 Å². The van der Waals surface area contributed by atoms with Gasteiger partial charge in [-0.1, -0.05) is 28.1 Å². The third-order valence-corrected chi connectivity index (χ3v) is 4.29. The second-order valence-corrected chi connectivity index (χ2v) is 6.68. The molecule has 128 valence electrons. The van der Waals surface area contributed by atoms with E-state index in [-0.39, 0.29) is 24.2 Å². The minimum atomic E-state index is -0.288. The molecule has 1 heterocycles. The number of aromatic hydroxyl groups is 1. The third kappa shape index (κ3) is 4.33. The maximum atomic E-state index is 12.7. The number of hydrogen-bond acceptors (Lipinski definition) is 4. The number of hydrazone groups is 1. The van der Waals surface area contributed by atoms with Gasteiger partial charge in [-0.2, -0.15) is 5.10 Å². The van der Waals surface area contributed by atoms with Crippen LogP contribution in [0.25, 0.3) is 0 Å². The lowest BCUT2D eigenvalue weighted by molar-refractivity contribution is -0.134. The number of amides is 1. The van der Waals surface area contributed by atoms with Gasteiger partial charge in [-0.25, -0.2) is 5.01 Å². The Balaban J connectivity index is 2.22. The van der Waals surface area contributed by atoms with E-state index in [1.165, 1.54) is 5.01 Å². The molecule has 0 spiro atoms. The lowest BCUT2D eigenvalue weighted by Gasteiger charge is -2.26. The molecule has 0 aromatic heterocycles. The van der Waals surface area contributed by atoms with Crippen LogP contribution < -0.4 is 0 Å². The Bertz CT molecular complexity index is 662. The first-order valence-corrected chi connectivity index (χ1v) is 8.54. The maximum Gasteiger partial charge on any atom is 0.257 e. The molecule has 1 atom stereocenters. The molecule has 0 bridgehead atoms. The molecule has 0 fully saturated rings. The van der Waals surface area contributed by atoms with Gasteiger partial charge in [-0.15, -0.1) is 13.2 Å². The molecule has 2 rings (SSSR count). The molecule has 0 saturated carbocycles. The van der Waals surface area contributed by atoms with Crippen LogP contribution in [0, 0.1) is 0 Å². The van der Waals surface area contributed by atoms with E-state index in [0.717, 1.165) is 10.2 Å². The second kappa shape index (κ2) is 8.26. The van der Waals surface area contributed by atoms with Crippen molar-refractivity contribution in [2.45, 2.75) is 19.4 Å². The van der Waals surface area contributed by atoms with E-state index >= 15 is 0 Å². The molecule has 1 aromatic rings. The van der Waals surface area contributed by atoms with E-state index in [1.54, 1.807) is 24.3 Å². The molecule has 1 amide bonds. The Morgan fingerprint density at radius 2 is 2.12 bits per heavy atom. The van der Waals surface area contributed by atoms with Crippen molar-refractivity contribution in [1.29, 1.82) is 0 Å². The summed E-state index contributed by atoms with van der Waals surface area (Å²) in [5.74, 6) is 0.0554. The summed E-state index contributed by atoms with van der Waals surface area (Å²) in [4.78, 5) is 14.7. The summed E-state index contributed by atoms with van der Waals surface area (Å²) >= 11 is 3.41. The molecule has 1 N–H and O–H groups in total. The first kappa shape index (κ1) is 18.4. The lowest BCUT2D eigenvalue weighted by Crippen LogP contribution is -2.38. The summed E-state index contributed by atoms with van der Waals surface area (Å²) in [6.45, 7) is 10.7. The van der Waals surface area contributed by atoms with Crippen molar-refractivity contribution in [2.24, 2.45) is 5.10 Å². The largest absolute Gasteiger partial charge is 0.508 e. The van der Waals surface area contributed by atoms with Crippen LogP contribution in [-0.2, 0) is 4.79 Å². The normalized spacial score (nSPS) is 17.0. The number of halogens is 1. The number of carbonyl (C=O) groups excluding carboxylic acids is 1. The van der Waals surface area contributed by atoms with Crippen molar-refractivity contribution < 1.29 is 9.90 Å².